The number of hydrogen-bond donors (Lipinski definition) is 0. The van der Waals surface area contributed by atoms with Crippen LogP contribution in [0, 0.1) is 0 Å². The van der Waals surface area contributed by atoms with Crippen LogP contribution in [-0.2, 0) is 0 Å². The number of methoxy groups -OCH3 is 1. The summed E-state index contributed by atoms with van der Waals surface area (Å²) in [5.74, 6) is 1.24. The van der Waals surface area contributed by atoms with Gasteiger partial charge < -0.3 is 9.47 Å². The summed E-state index contributed by atoms with van der Waals surface area (Å²) in [6.07, 6.45) is 0.904. The Labute approximate surface area is 119 Å². The second-order valence-electron chi connectivity index (χ2n) is 4.41. The number of para-hydroxylation sites is 1. The van der Waals surface area contributed by atoms with E-state index in [2.05, 4.69) is 0 Å². The molecule has 0 saturated heterocycles. The van der Waals surface area contributed by atoms with Gasteiger partial charge in [-0.05, 0) is 30.7 Å². The minimum Gasteiger partial charge on any atom is -0.497 e. The monoisotopic (exact) mass is 270 g/mol. The Hall–Kier alpha value is -2.29. The van der Waals surface area contributed by atoms with Crippen molar-refractivity contribution in [2.75, 3.05) is 13.7 Å². The van der Waals surface area contributed by atoms with Gasteiger partial charge in [-0.3, -0.25) is 4.79 Å². The maximum atomic E-state index is 12.6. The maximum Gasteiger partial charge on any atom is 0.196 e. The lowest BCUT2D eigenvalue weighted by atomic mass is 10.0. The van der Waals surface area contributed by atoms with E-state index in [9.17, 15) is 4.79 Å². The summed E-state index contributed by atoms with van der Waals surface area (Å²) in [5, 5.41) is 0. The van der Waals surface area contributed by atoms with Crippen LogP contribution in [0.3, 0.4) is 0 Å². The number of hydrogen-bond acceptors (Lipinski definition) is 3. The molecule has 104 valence electrons. The Morgan fingerprint density at radius 3 is 2.65 bits per heavy atom. The molecule has 3 heteroatoms. The van der Waals surface area contributed by atoms with Gasteiger partial charge in [-0.2, -0.15) is 0 Å². The second kappa shape index (κ2) is 6.75. The molecular formula is C17H18O3. The first-order valence-electron chi connectivity index (χ1n) is 6.67. The first kappa shape index (κ1) is 14.1. The van der Waals surface area contributed by atoms with Crippen molar-refractivity contribution in [3.05, 3.63) is 59.7 Å². The normalized spacial score (nSPS) is 10.1. The smallest absolute Gasteiger partial charge is 0.196 e. The van der Waals surface area contributed by atoms with Crippen LogP contribution in [0.4, 0.5) is 0 Å². The van der Waals surface area contributed by atoms with Crippen LogP contribution in [0.25, 0.3) is 0 Å². The van der Waals surface area contributed by atoms with Crippen LogP contribution in [-0.4, -0.2) is 19.5 Å². The average Bonchev–Trinajstić information content (AvgIpc) is 2.52. The quantitative estimate of drug-likeness (QED) is 0.750. The molecule has 2 rings (SSSR count). The molecule has 0 fully saturated rings. The van der Waals surface area contributed by atoms with Crippen molar-refractivity contribution in [3.8, 4) is 11.5 Å². The molecule has 0 heterocycles. The summed E-state index contributed by atoms with van der Waals surface area (Å²) in [6, 6.07) is 14.5. The number of ketones is 1. The van der Waals surface area contributed by atoms with Gasteiger partial charge in [0.05, 0.1) is 19.3 Å². The van der Waals surface area contributed by atoms with Crippen LogP contribution in [0.15, 0.2) is 48.5 Å². The van der Waals surface area contributed by atoms with Crippen molar-refractivity contribution in [2.24, 2.45) is 0 Å². The fraction of sp³-hybridized carbons (Fsp3) is 0.235. The van der Waals surface area contributed by atoms with Crippen LogP contribution in [0.1, 0.15) is 29.3 Å². The highest BCUT2D eigenvalue weighted by Crippen LogP contribution is 2.23. The second-order valence-corrected chi connectivity index (χ2v) is 4.41. The van der Waals surface area contributed by atoms with Crippen molar-refractivity contribution < 1.29 is 14.3 Å². The summed E-state index contributed by atoms with van der Waals surface area (Å²) in [7, 11) is 1.59. The van der Waals surface area contributed by atoms with Gasteiger partial charge in [0.2, 0.25) is 0 Å². The minimum absolute atomic E-state index is 0.0596. The standard InChI is InChI=1S/C17H18O3/c1-3-11-20-16-10-5-4-9-15(16)17(18)13-7-6-8-14(12-13)19-2/h4-10,12H,3,11H2,1-2H3. The fourth-order valence-corrected chi connectivity index (χ4v) is 1.91. The van der Waals surface area contributed by atoms with Gasteiger partial charge >= 0.3 is 0 Å². The van der Waals surface area contributed by atoms with Gasteiger partial charge in [-0.1, -0.05) is 31.2 Å². The number of rotatable bonds is 6. The van der Waals surface area contributed by atoms with E-state index in [-0.39, 0.29) is 5.78 Å². The third-order valence-electron chi connectivity index (χ3n) is 2.93. The van der Waals surface area contributed by atoms with E-state index in [0.717, 1.165) is 6.42 Å². The molecule has 0 aromatic heterocycles. The Kier molecular flexibility index (Phi) is 4.77. The zero-order valence-electron chi connectivity index (χ0n) is 11.8. The van der Waals surface area contributed by atoms with Gasteiger partial charge in [0.1, 0.15) is 11.5 Å². The van der Waals surface area contributed by atoms with Crippen molar-refractivity contribution >= 4 is 5.78 Å². The predicted octanol–water partition coefficient (Wildman–Crippen LogP) is 3.72. The molecule has 0 radical (unpaired) electrons. The first-order chi connectivity index (χ1) is 9.76. The largest absolute Gasteiger partial charge is 0.497 e. The third-order valence-corrected chi connectivity index (χ3v) is 2.93. The number of ether oxygens (including phenoxy) is 2. The first-order valence-corrected chi connectivity index (χ1v) is 6.67. The summed E-state index contributed by atoms with van der Waals surface area (Å²) < 4.78 is 10.8. The minimum atomic E-state index is -0.0596. The van der Waals surface area contributed by atoms with E-state index in [1.165, 1.54) is 0 Å². The highest BCUT2D eigenvalue weighted by atomic mass is 16.5. The lowest BCUT2D eigenvalue weighted by Crippen LogP contribution is -2.06. The molecule has 0 unspecified atom stereocenters. The molecule has 0 spiro atoms. The summed E-state index contributed by atoms with van der Waals surface area (Å²) in [4.78, 5) is 12.6. The van der Waals surface area contributed by atoms with Crippen molar-refractivity contribution in [1.29, 1.82) is 0 Å². The van der Waals surface area contributed by atoms with Gasteiger partial charge in [0.25, 0.3) is 0 Å². The molecule has 0 N–H and O–H groups in total. The van der Waals surface area contributed by atoms with Gasteiger partial charge in [-0.25, -0.2) is 0 Å². The van der Waals surface area contributed by atoms with Crippen LogP contribution < -0.4 is 9.47 Å². The fourth-order valence-electron chi connectivity index (χ4n) is 1.91. The molecule has 0 aliphatic rings. The third kappa shape index (κ3) is 3.18. The molecule has 20 heavy (non-hydrogen) atoms. The topological polar surface area (TPSA) is 35.5 Å². The van der Waals surface area contributed by atoms with E-state index in [1.54, 1.807) is 25.3 Å². The maximum absolute atomic E-state index is 12.6. The van der Waals surface area contributed by atoms with Gasteiger partial charge in [0.15, 0.2) is 5.78 Å². The zero-order valence-corrected chi connectivity index (χ0v) is 11.8. The molecule has 0 saturated carbocycles. The Morgan fingerprint density at radius 2 is 1.90 bits per heavy atom. The van der Waals surface area contributed by atoms with Crippen LogP contribution in [0.5, 0.6) is 11.5 Å². The van der Waals surface area contributed by atoms with Crippen LogP contribution in [0.2, 0.25) is 0 Å². The zero-order chi connectivity index (χ0) is 14.4. The molecule has 0 aliphatic heterocycles. The van der Waals surface area contributed by atoms with Crippen molar-refractivity contribution in [1.82, 2.24) is 0 Å². The Morgan fingerprint density at radius 1 is 1.10 bits per heavy atom. The molecule has 0 atom stereocenters. The number of benzene rings is 2. The molecule has 0 aliphatic carbocycles. The number of carbonyl (C=O) groups excluding carboxylic acids is 1. The molecule has 2 aromatic rings. The lowest BCUT2D eigenvalue weighted by Gasteiger charge is -2.10. The van der Waals surface area contributed by atoms with E-state index >= 15 is 0 Å². The highest BCUT2D eigenvalue weighted by molar-refractivity contribution is 6.10. The van der Waals surface area contributed by atoms with Crippen LogP contribution >= 0.6 is 0 Å². The van der Waals surface area contributed by atoms with Crippen molar-refractivity contribution in [3.63, 3.8) is 0 Å². The molecule has 3 nitrogen and oxygen atoms in total. The van der Waals surface area contributed by atoms with Gasteiger partial charge in [0, 0.05) is 5.56 Å². The number of carbonyl (C=O) groups is 1. The van der Waals surface area contributed by atoms with E-state index in [4.69, 9.17) is 9.47 Å². The predicted molar refractivity (Wildman–Crippen MR) is 78.7 cm³/mol. The summed E-state index contributed by atoms with van der Waals surface area (Å²) >= 11 is 0. The summed E-state index contributed by atoms with van der Waals surface area (Å²) in [6.45, 7) is 2.63. The Bertz CT molecular complexity index is 590. The van der Waals surface area contributed by atoms with Gasteiger partial charge in [-0.15, -0.1) is 0 Å². The Balaban J connectivity index is 2.32. The van der Waals surface area contributed by atoms with E-state index < -0.39 is 0 Å². The summed E-state index contributed by atoms with van der Waals surface area (Å²) in [5.41, 5.74) is 1.17. The highest BCUT2D eigenvalue weighted by Gasteiger charge is 2.14. The molecule has 0 amide bonds. The van der Waals surface area contributed by atoms with Crippen molar-refractivity contribution in [2.45, 2.75) is 13.3 Å². The molecule has 2 aromatic carbocycles. The van der Waals surface area contributed by atoms with E-state index in [1.807, 2.05) is 37.3 Å². The van der Waals surface area contributed by atoms with E-state index in [0.29, 0.717) is 29.2 Å². The SMILES string of the molecule is CCCOc1ccccc1C(=O)c1cccc(OC)c1. The average molecular weight is 270 g/mol. The molecule has 0 bridgehead atoms. The lowest BCUT2D eigenvalue weighted by molar-refractivity contribution is 0.103. The molecular weight excluding hydrogens is 252 g/mol.